The van der Waals surface area contributed by atoms with Gasteiger partial charge in [-0.2, -0.15) is 5.26 Å². The highest BCUT2D eigenvalue weighted by atomic mass is 16.5. The molecule has 1 unspecified atom stereocenters. The summed E-state index contributed by atoms with van der Waals surface area (Å²) in [5, 5.41) is 8.82. The number of hydrogen-bond acceptors (Lipinski definition) is 4. The van der Waals surface area contributed by atoms with Crippen molar-refractivity contribution in [2.75, 3.05) is 26.2 Å². The van der Waals surface area contributed by atoms with Crippen molar-refractivity contribution in [3.63, 3.8) is 0 Å². The lowest BCUT2D eigenvalue weighted by atomic mass is 9.98. The topological polar surface area (TPSA) is 62.3 Å². The largest absolute Gasteiger partial charge is 0.378 e. The van der Waals surface area contributed by atoms with Gasteiger partial charge in [0, 0.05) is 19.7 Å². The summed E-state index contributed by atoms with van der Waals surface area (Å²) in [7, 11) is 0. The molecule has 0 aliphatic carbocycles. The van der Waals surface area contributed by atoms with Crippen molar-refractivity contribution in [3.05, 3.63) is 0 Å². The molecule has 104 valence electrons. The zero-order valence-electron chi connectivity index (χ0n) is 11.8. The van der Waals surface area contributed by atoms with Crippen LogP contribution in [-0.2, 0) is 4.74 Å². The summed E-state index contributed by atoms with van der Waals surface area (Å²) >= 11 is 0. The van der Waals surface area contributed by atoms with E-state index in [-0.39, 0.29) is 0 Å². The van der Waals surface area contributed by atoms with Gasteiger partial charge in [-0.25, -0.2) is 0 Å². The molecule has 0 radical (unpaired) electrons. The van der Waals surface area contributed by atoms with E-state index < -0.39 is 5.54 Å². The van der Waals surface area contributed by atoms with Crippen LogP contribution in [0.5, 0.6) is 0 Å². The van der Waals surface area contributed by atoms with Crippen LogP contribution in [0.1, 0.15) is 46.0 Å². The van der Waals surface area contributed by atoms with Crippen LogP contribution in [0.25, 0.3) is 0 Å². The minimum Gasteiger partial charge on any atom is -0.378 e. The average molecular weight is 253 g/mol. The number of ether oxygens (including phenoxy) is 1. The molecule has 1 rings (SSSR count). The lowest BCUT2D eigenvalue weighted by molar-refractivity contribution is 0.0139. The van der Waals surface area contributed by atoms with Gasteiger partial charge in [0.05, 0.1) is 12.2 Å². The molecule has 1 atom stereocenters. The molecular formula is C14H27N3O. The van der Waals surface area contributed by atoms with Crippen molar-refractivity contribution < 1.29 is 4.74 Å². The van der Waals surface area contributed by atoms with E-state index in [1.807, 2.05) is 0 Å². The normalized spacial score (nSPS) is 21.4. The Hall–Kier alpha value is -0.630. The van der Waals surface area contributed by atoms with E-state index in [9.17, 15) is 0 Å². The number of likely N-dealkylation sites (tertiary alicyclic amines) is 1. The molecule has 1 heterocycles. The average Bonchev–Trinajstić information content (AvgIpc) is 2.37. The first kappa shape index (κ1) is 15.4. The number of nitriles is 1. The Morgan fingerprint density at radius 3 is 2.61 bits per heavy atom. The zero-order valence-corrected chi connectivity index (χ0v) is 11.8. The van der Waals surface area contributed by atoms with Gasteiger partial charge in [0.1, 0.15) is 5.54 Å². The Kier molecular flexibility index (Phi) is 6.62. The molecule has 0 amide bonds. The highest BCUT2D eigenvalue weighted by Gasteiger charge is 2.19. The first-order valence-corrected chi connectivity index (χ1v) is 7.11. The highest BCUT2D eigenvalue weighted by Crippen LogP contribution is 2.15. The standard InChI is InChI=1S/C14H27N3O/c1-3-18-13-6-10-17(11-7-13)9-5-4-8-14(2,16)12-15/h13H,3-11,16H2,1-2H3. The maximum absolute atomic E-state index is 8.82. The Morgan fingerprint density at radius 1 is 1.39 bits per heavy atom. The molecule has 1 aliphatic heterocycles. The van der Waals surface area contributed by atoms with E-state index in [0.717, 1.165) is 58.3 Å². The summed E-state index contributed by atoms with van der Waals surface area (Å²) in [5.74, 6) is 0. The summed E-state index contributed by atoms with van der Waals surface area (Å²) < 4.78 is 5.64. The van der Waals surface area contributed by atoms with E-state index in [4.69, 9.17) is 15.7 Å². The minimum atomic E-state index is -0.651. The molecule has 0 saturated carbocycles. The third-order valence-electron chi connectivity index (χ3n) is 3.61. The lowest BCUT2D eigenvalue weighted by Gasteiger charge is -2.31. The van der Waals surface area contributed by atoms with Gasteiger partial charge in [-0.1, -0.05) is 0 Å². The van der Waals surface area contributed by atoms with Crippen LogP contribution in [-0.4, -0.2) is 42.8 Å². The monoisotopic (exact) mass is 253 g/mol. The van der Waals surface area contributed by atoms with Gasteiger partial charge in [-0.15, -0.1) is 0 Å². The molecule has 4 nitrogen and oxygen atoms in total. The third kappa shape index (κ3) is 5.81. The van der Waals surface area contributed by atoms with E-state index >= 15 is 0 Å². The number of hydrogen-bond donors (Lipinski definition) is 1. The van der Waals surface area contributed by atoms with Gasteiger partial charge in [0.15, 0.2) is 0 Å². The fourth-order valence-corrected chi connectivity index (χ4v) is 2.42. The highest BCUT2D eigenvalue weighted by molar-refractivity contribution is 5.00. The number of nitrogens with zero attached hydrogens (tertiary/aromatic N) is 2. The third-order valence-corrected chi connectivity index (χ3v) is 3.61. The quantitative estimate of drug-likeness (QED) is 0.704. The van der Waals surface area contributed by atoms with Crippen LogP contribution in [0.2, 0.25) is 0 Å². The summed E-state index contributed by atoms with van der Waals surface area (Å²) in [4.78, 5) is 2.50. The van der Waals surface area contributed by atoms with Crippen LogP contribution in [0.15, 0.2) is 0 Å². The molecule has 0 aromatic rings. The molecule has 1 fully saturated rings. The first-order valence-electron chi connectivity index (χ1n) is 7.11. The smallest absolute Gasteiger partial charge is 0.101 e. The molecule has 0 aromatic carbocycles. The summed E-state index contributed by atoms with van der Waals surface area (Å²) in [6.07, 6.45) is 5.73. The Morgan fingerprint density at radius 2 is 2.06 bits per heavy atom. The second kappa shape index (κ2) is 7.73. The van der Waals surface area contributed by atoms with Crippen LogP contribution >= 0.6 is 0 Å². The molecule has 0 bridgehead atoms. The van der Waals surface area contributed by atoms with Crippen molar-refractivity contribution >= 4 is 0 Å². The van der Waals surface area contributed by atoms with Gasteiger partial charge in [0.2, 0.25) is 0 Å². The second-order valence-corrected chi connectivity index (χ2v) is 5.48. The maximum atomic E-state index is 8.82. The van der Waals surface area contributed by atoms with Crippen LogP contribution in [0.4, 0.5) is 0 Å². The van der Waals surface area contributed by atoms with Crippen molar-refractivity contribution in [1.82, 2.24) is 4.90 Å². The van der Waals surface area contributed by atoms with E-state index in [1.165, 1.54) is 0 Å². The zero-order chi connectivity index (χ0) is 13.4. The lowest BCUT2D eigenvalue weighted by Crippen LogP contribution is -2.38. The van der Waals surface area contributed by atoms with Crippen LogP contribution < -0.4 is 5.73 Å². The van der Waals surface area contributed by atoms with Crippen molar-refractivity contribution in [1.29, 1.82) is 5.26 Å². The Bertz CT molecular complexity index is 265. The fourth-order valence-electron chi connectivity index (χ4n) is 2.42. The summed E-state index contributed by atoms with van der Waals surface area (Å²) in [6, 6.07) is 2.15. The number of piperidine rings is 1. The van der Waals surface area contributed by atoms with Gasteiger partial charge < -0.3 is 15.4 Å². The Labute approximate surface area is 111 Å². The maximum Gasteiger partial charge on any atom is 0.101 e. The SMILES string of the molecule is CCOC1CCN(CCCCC(C)(N)C#N)CC1. The summed E-state index contributed by atoms with van der Waals surface area (Å²) in [5.41, 5.74) is 5.14. The number of unbranched alkanes of at least 4 members (excludes halogenated alkanes) is 1. The number of nitrogens with two attached hydrogens (primary N) is 1. The second-order valence-electron chi connectivity index (χ2n) is 5.48. The first-order chi connectivity index (χ1) is 8.57. The van der Waals surface area contributed by atoms with Gasteiger partial charge >= 0.3 is 0 Å². The minimum absolute atomic E-state index is 0.470. The molecule has 18 heavy (non-hydrogen) atoms. The van der Waals surface area contributed by atoms with Gasteiger partial charge in [0.25, 0.3) is 0 Å². The number of rotatable bonds is 7. The summed E-state index contributed by atoms with van der Waals surface area (Å²) in [6.45, 7) is 8.10. The van der Waals surface area contributed by atoms with E-state index in [0.29, 0.717) is 6.10 Å². The van der Waals surface area contributed by atoms with Crippen molar-refractivity contribution in [2.24, 2.45) is 5.73 Å². The molecule has 4 heteroatoms. The van der Waals surface area contributed by atoms with Crippen molar-refractivity contribution in [3.8, 4) is 6.07 Å². The van der Waals surface area contributed by atoms with Gasteiger partial charge in [-0.05, 0) is 52.5 Å². The fraction of sp³-hybridized carbons (Fsp3) is 0.929. The van der Waals surface area contributed by atoms with Crippen LogP contribution in [0, 0.1) is 11.3 Å². The molecule has 2 N–H and O–H groups in total. The van der Waals surface area contributed by atoms with Crippen molar-refractivity contribution in [2.45, 2.75) is 57.6 Å². The predicted octanol–water partition coefficient (Wildman–Crippen LogP) is 1.90. The molecule has 0 spiro atoms. The van der Waals surface area contributed by atoms with Gasteiger partial charge in [-0.3, -0.25) is 0 Å². The Balaban J connectivity index is 2.06. The molecular weight excluding hydrogens is 226 g/mol. The molecule has 1 saturated heterocycles. The van der Waals surface area contributed by atoms with E-state index in [1.54, 1.807) is 6.92 Å². The predicted molar refractivity (Wildman–Crippen MR) is 73.1 cm³/mol. The van der Waals surface area contributed by atoms with E-state index in [2.05, 4.69) is 17.9 Å². The molecule has 0 aromatic heterocycles. The molecule has 1 aliphatic rings. The van der Waals surface area contributed by atoms with Crippen LogP contribution in [0.3, 0.4) is 0 Å².